The van der Waals surface area contributed by atoms with E-state index in [-0.39, 0.29) is 12.5 Å². The Labute approximate surface area is 155 Å². The van der Waals surface area contributed by atoms with Crippen molar-refractivity contribution >= 4 is 39.1 Å². The standard InChI is InChI=1S/C18H19N5O2S/c1-12-21-22-18(26-12)20-16(24)11-25-14-6-4-5-13-7-8-15(19-17(13)14)23-9-2-3-10-23/h4-8H,2-3,9-11H2,1H3,(H,20,22,24). The number of carbonyl (C=O) groups excluding carboxylic acids is 1. The Morgan fingerprint density at radius 2 is 2.08 bits per heavy atom. The monoisotopic (exact) mass is 369 g/mol. The molecule has 2 aromatic heterocycles. The summed E-state index contributed by atoms with van der Waals surface area (Å²) in [5.41, 5.74) is 0.774. The maximum atomic E-state index is 12.1. The molecule has 0 bridgehead atoms. The maximum absolute atomic E-state index is 12.1. The number of fused-ring (bicyclic) bond motifs is 1. The SMILES string of the molecule is Cc1nnc(NC(=O)COc2cccc3ccc(N4CCCC4)nc23)s1. The number of amides is 1. The number of ether oxygens (including phenoxy) is 1. The first-order chi connectivity index (χ1) is 12.7. The van der Waals surface area contributed by atoms with Gasteiger partial charge in [-0.25, -0.2) is 4.98 Å². The Kier molecular flexibility index (Phi) is 4.66. The summed E-state index contributed by atoms with van der Waals surface area (Å²) >= 11 is 1.33. The highest BCUT2D eigenvalue weighted by molar-refractivity contribution is 7.15. The third-order valence-corrected chi connectivity index (χ3v) is 4.98. The van der Waals surface area contributed by atoms with E-state index < -0.39 is 0 Å². The largest absolute Gasteiger partial charge is 0.481 e. The highest BCUT2D eigenvalue weighted by Crippen LogP contribution is 2.27. The van der Waals surface area contributed by atoms with Gasteiger partial charge in [0, 0.05) is 18.5 Å². The van der Waals surface area contributed by atoms with Crippen LogP contribution < -0.4 is 15.0 Å². The minimum absolute atomic E-state index is 0.104. The zero-order chi connectivity index (χ0) is 17.9. The van der Waals surface area contributed by atoms with Gasteiger partial charge in [0.15, 0.2) is 6.61 Å². The van der Waals surface area contributed by atoms with Gasteiger partial charge in [-0.15, -0.1) is 10.2 Å². The summed E-state index contributed by atoms with van der Waals surface area (Å²) in [6.45, 7) is 3.80. The molecule has 1 amide bonds. The van der Waals surface area contributed by atoms with Crippen molar-refractivity contribution in [3.63, 3.8) is 0 Å². The molecule has 0 saturated carbocycles. The molecule has 1 aliphatic rings. The molecular formula is C18H19N5O2S. The normalized spacial score (nSPS) is 14.0. The Balaban J connectivity index is 1.50. The molecule has 1 aromatic carbocycles. The second-order valence-electron chi connectivity index (χ2n) is 6.15. The van der Waals surface area contributed by atoms with E-state index in [4.69, 9.17) is 9.72 Å². The van der Waals surface area contributed by atoms with Crippen LogP contribution in [-0.4, -0.2) is 40.8 Å². The van der Waals surface area contributed by atoms with Gasteiger partial charge in [0.05, 0.1) is 0 Å². The van der Waals surface area contributed by atoms with E-state index in [0.29, 0.717) is 10.9 Å². The molecule has 0 atom stereocenters. The molecule has 0 radical (unpaired) electrons. The van der Waals surface area contributed by atoms with Crippen molar-refractivity contribution in [3.8, 4) is 5.75 Å². The molecule has 1 aliphatic heterocycles. The fourth-order valence-electron chi connectivity index (χ4n) is 2.99. The van der Waals surface area contributed by atoms with Crippen molar-refractivity contribution in [2.24, 2.45) is 0 Å². The Bertz CT molecular complexity index is 936. The van der Waals surface area contributed by atoms with Crippen LogP contribution in [0.4, 0.5) is 10.9 Å². The van der Waals surface area contributed by atoms with Crippen molar-refractivity contribution in [2.45, 2.75) is 19.8 Å². The number of para-hydroxylation sites is 1. The van der Waals surface area contributed by atoms with Crippen molar-refractivity contribution in [3.05, 3.63) is 35.3 Å². The van der Waals surface area contributed by atoms with E-state index in [2.05, 4.69) is 20.4 Å². The predicted octanol–water partition coefficient (Wildman–Crippen LogP) is 3.01. The number of hydrogen-bond donors (Lipinski definition) is 1. The first-order valence-electron chi connectivity index (χ1n) is 8.56. The third kappa shape index (κ3) is 3.60. The van der Waals surface area contributed by atoms with Crippen molar-refractivity contribution < 1.29 is 9.53 Å². The molecule has 1 fully saturated rings. The highest BCUT2D eigenvalue weighted by atomic mass is 32.1. The lowest BCUT2D eigenvalue weighted by Crippen LogP contribution is -2.20. The fraction of sp³-hybridized carbons (Fsp3) is 0.333. The first-order valence-corrected chi connectivity index (χ1v) is 9.38. The Morgan fingerprint density at radius 3 is 2.85 bits per heavy atom. The van der Waals surface area contributed by atoms with E-state index >= 15 is 0 Å². The molecule has 134 valence electrons. The molecular weight excluding hydrogens is 350 g/mol. The van der Waals surface area contributed by atoms with E-state index in [0.717, 1.165) is 34.8 Å². The van der Waals surface area contributed by atoms with Crippen molar-refractivity contribution in [1.82, 2.24) is 15.2 Å². The lowest BCUT2D eigenvalue weighted by molar-refractivity contribution is -0.118. The van der Waals surface area contributed by atoms with E-state index in [1.165, 1.54) is 24.2 Å². The summed E-state index contributed by atoms with van der Waals surface area (Å²) in [5.74, 6) is 1.29. The van der Waals surface area contributed by atoms with Crippen LogP contribution in [0.5, 0.6) is 5.75 Å². The number of carbonyl (C=O) groups is 1. The van der Waals surface area contributed by atoms with E-state index in [1.54, 1.807) is 0 Å². The van der Waals surface area contributed by atoms with Gasteiger partial charge in [-0.2, -0.15) is 0 Å². The molecule has 4 rings (SSSR count). The number of nitrogens with zero attached hydrogens (tertiary/aromatic N) is 4. The summed E-state index contributed by atoms with van der Waals surface area (Å²) < 4.78 is 5.74. The van der Waals surface area contributed by atoms with Gasteiger partial charge in [-0.3, -0.25) is 10.1 Å². The van der Waals surface area contributed by atoms with Gasteiger partial charge in [0.2, 0.25) is 5.13 Å². The van der Waals surface area contributed by atoms with Crippen LogP contribution in [0.3, 0.4) is 0 Å². The van der Waals surface area contributed by atoms with Crippen LogP contribution in [0.2, 0.25) is 0 Å². The molecule has 3 heterocycles. The van der Waals surface area contributed by atoms with Crippen LogP contribution in [-0.2, 0) is 4.79 Å². The lowest BCUT2D eigenvalue weighted by Gasteiger charge is -2.17. The average Bonchev–Trinajstić information content (AvgIpc) is 3.31. The predicted molar refractivity (Wildman–Crippen MR) is 102 cm³/mol. The van der Waals surface area contributed by atoms with Gasteiger partial charge in [0.25, 0.3) is 5.91 Å². The molecule has 8 heteroatoms. The Hall–Kier alpha value is -2.74. The summed E-state index contributed by atoms with van der Waals surface area (Å²) in [5, 5.41) is 12.7. The summed E-state index contributed by atoms with van der Waals surface area (Å²) in [4.78, 5) is 19.1. The van der Waals surface area contributed by atoms with Gasteiger partial charge in [0.1, 0.15) is 22.1 Å². The number of rotatable bonds is 5. The Morgan fingerprint density at radius 1 is 1.23 bits per heavy atom. The number of pyridine rings is 1. The van der Waals surface area contributed by atoms with Crippen LogP contribution in [0.25, 0.3) is 10.9 Å². The summed E-state index contributed by atoms with van der Waals surface area (Å²) in [6.07, 6.45) is 2.40. The van der Waals surface area contributed by atoms with Gasteiger partial charge >= 0.3 is 0 Å². The van der Waals surface area contributed by atoms with Gasteiger partial charge in [-0.1, -0.05) is 23.5 Å². The van der Waals surface area contributed by atoms with Crippen LogP contribution in [0.1, 0.15) is 17.8 Å². The van der Waals surface area contributed by atoms with Gasteiger partial charge < -0.3 is 9.64 Å². The van der Waals surface area contributed by atoms with E-state index in [1.807, 2.05) is 37.3 Å². The second kappa shape index (κ2) is 7.25. The highest BCUT2D eigenvalue weighted by Gasteiger charge is 2.15. The maximum Gasteiger partial charge on any atom is 0.264 e. The molecule has 26 heavy (non-hydrogen) atoms. The van der Waals surface area contributed by atoms with Crippen molar-refractivity contribution in [1.29, 1.82) is 0 Å². The molecule has 3 aromatic rings. The van der Waals surface area contributed by atoms with E-state index in [9.17, 15) is 4.79 Å². The second-order valence-corrected chi connectivity index (χ2v) is 7.34. The molecule has 7 nitrogen and oxygen atoms in total. The quantitative estimate of drug-likeness (QED) is 0.745. The molecule has 1 saturated heterocycles. The van der Waals surface area contributed by atoms with Crippen LogP contribution in [0.15, 0.2) is 30.3 Å². The number of aryl methyl sites for hydroxylation is 1. The number of hydrogen-bond acceptors (Lipinski definition) is 7. The average molecular weight is 369 g/mol. The van der Waals surface area contributed by atoms with Gasteiger partial charge in [-0.05, 0) is 38.0 Å². The molecule has 0 unspecified atom stereocenters. The number of aromatic nitrogens is 3. The topological polar surface area (TPSA) is 80.2 Å². The first kappa shape index (κ1) is 16.7. The zero-order valence-corrected chi connectivity index (χ0v) is 15.3. The lowest BCUT2D eigenvalue weighted by atomic mass is 10.2. The minimum atomic E-state index is -0.270. The van der Waals surface area contributed by atoms with Crippen molar-refractivity contribution in [2.75, 3.05) is 29.9 Å². The minimum Gasteiger partial charge on any atom is -0.481 e. The zero-order valence-electron chi connectivity index (χ0n) is 14.4. The smallest absolute Gasteiger partial charge is 0.264 e. The summed E-state index contributed by atoms with van der Waals surface area (Å²) in [6, 6.07) is 9.83. The number of benzene rings is 1. The summed E-state index contributed by atoms with van der Waals surface area (Å²) in [7, 11) is 0. The number of anilines is 2. The van der Waals surface area contributed by atoms with Crippen LogP contribution >= 0.6 is 11.3 Å². The fourth-order valence-corrected chi connectivity index (χ4v) is 3.60. The molecule has 0 spiro atoms. The third-order valence-electron chi connectivity index (χ3n) is 4.23. The number of nitrogens with one attached hydrogen (secondary N) is 1. The molecule has 0 aliphatic carbocycles. The van der Waals surface area contributed by atoms with Crippen LogP contribution in [0, 0.1) is 6.92 Å². The molecule has 1 N–H and O–H groups in total.